The van der Waals surface area contributed by atoms with Gasteiger partial charge in [0.15, 0.2) is 0 Å². The molecule has 2 aromatic carbocycles. The summed E-state index contributed by atoms with van der Waals surface area (Å²) in [4.78, 5) is 14.6. The van der Waals surface area contributed by atoms with E-state index in [0.29, 0.717) is 39.2 Å². The van der Waals surface area contributed by atoms with E-state index in [9.17, 15) is 9.18 Å². The van der Waals surface area contributed by atoms with Gasteiger partial charge in [0, 0.05) is 26.1 Å². The second-order valence-electron chi connectivity index (χ2n) is 7.15. The molecule has 1 amide bonds. The molecule has 7 heteroatoms. The molecule has 1 aliphatic rings. The maximum absolute atomic E-state index is 13.3. The maximum atomic E-state index is 13.3. The summed E-state index contributed by atoms with van der Waals surface area (Å²) in [6.07, 6.45) is 1.01. The molecule has 0 radical (unpaired) electrons. The van der Waals surface area contributed by atoms with Crippen molar-refractivity contribution < 1.29 is 23.4 Å². The van der Waals surface area contributed by atoms with Crippen LogP contribution in [0, 0.1) is 5.82 Å². The largest absolute Gasteiger partial charge is 0.497 e. The minimum atomic E-state index is -0.264. The summed E-state index contributed by atoms with van der Waals surface area (Å²) >= 11 is 0. The lowest BCUT2D eigenvalue weighted by molar-refractivity contribution is -0.121. The van der Waals surface area contributed by atoms with Crippen molar-refractivity contribution >= 4 is 5.91 Å². The fourth-order valence-corrected chi connectivity index (χ4v) is 3.43. The van der Waals surface area contributed by atoms with E-state index in [0.717, 1.165) is 30.2 Å². The summed E-state index contributed by atoms with van der Waals surface area (Å²) in [5.41, 5.74) is 0.987. The molecule has 0 aromatic heterocycles. The minimum Gasteiger partial charge on any atom is -0.497 e. The number of carbonyl (C=O) groups is 1. The second-order valence-corrected chi connectivity index (χ2v) is 7.15. The van der Waals surface area contributed by atoms with Crippen LogP contribution in [0.3, 0.4) is 0 Å². The first-order chi connectivity index (χ1) is 14.7. The number of rotatable bonds is 10. The third kappa shape index (κ3) is 6.71. The Kier molecular flexibility index (Phi) is 8.47. The van der Waals surface area contributed by atoms with Crippen molar-refractivity contribution in [2.24, 2.45) is 0 Å². The molecule has 162 valence electrons. The number of nitrogens with one attached hydrogen (secondary N) is 1. The molecule has 1 heterocycles. The predicted octanol–water partition coefficient (Wildman–Crippen LogP) is 3.18. The number of nitrogens with zero attached hydrogens (tertiary/aromatic N) is 1. The van der Waals surface area contributed by atoms with E-state index in [1.165, 1.54) is 12.1 Å². The number of morpholine rings is 1. The molecule has 1 saturated heterocycles. The van der Waals surface area contributed by atoms with Crippen LogP contribution in [0.4, 0.5) is 4.39 Å². The fraction of sp³-hybridized carbons (Fsp3) is 0.435. The number of hydrogen-bond donors (Lipinski definition) is 1. The second kappa shape index (κ2) is 11.5. The molecular weight excluding hydrogens is 387 g/mol. The first-order valence-corrected chi connectivity index (χ1v) is 10.3. The van der Waals surface area contributed by atoms with Crippen molar-refractivity contribution in [2.75, 3.05) is 46.6 Å². The molecular formula is C23H29FN2O4. The van der Waals surface area contributed by atoms with Gasteiger partial charge in [0.25, 0.3) is 0 Å². The van der Waals surface area contributed by atoms with Crippen molar-refractivity contribution in [3.63, 3.8) is 0 Å². The lowest BCUT2D eigenvalue weighted by atomic mass is 10.0. The maximum Gasteiger partial charge on any atom is 0.220 e. The van der Waals surface area contributed by atoms with Gasteiger partial charge in [-0.15, -0.1) is 0 Å². The Morgan fingerprint density at radius 3 is 2.43 bits per heavy atom. The molecule has 1 fully saturated rings. The van der Waals surface area contributed by atoms with E-state index < -0.39 is 0 Å². The quantitative estimate of drug-likeness (QED) is 0.603. The molecule has 3 rings (SSSR count). The van der Waals surface area contributed by atoms with Crippen molar-refractivity contribution in [1.82, 2.24) is 10.2 Å². The van der Waals surface area contributed by atoms with Crippen molar-refractivity contribution in [1.29, 1.82) is 0 Å². The molecule has 1 atom stereocenters. The Balaban J connectivity index is 1.44. The number of ether oxygens (including phenoxy) is 3. The minimum absolute atomic E-state index is 0.00556. The van der Waals surface area contributed by atoms with Crippen LogP contribution in [0.15, 0.2) is 48.5 Å². The average molecular weight is 416 g/mol. The summed E-state index contributed by atoms with van der Waals surface area (Å²) < 4.78 is 29.5. The molecule has 30 heavy (non-hydrogen) atoms. The summed E-state index contributed by atoms with van der Waals surface area (Å²) in [7, 11) is 1.62. The molecule has 0 aliphatic carbocycles. The highest BCUT2D eigenvalue weighted by molar-refractivity contribution is 5.75. The number of hydrogen-bond acceptors (Lipinski definition) is 5. The van der Waals surface area contributed by atoms with E-state index in [4.69, 9.17) is 14.2 Å². The Labute approximate surface area is 176 Å². The van der Waals surface area contributed by atoms with Gasteiger partial charge in [0.05, 0.1) is 33.0 Å². The highest BCUT2D eigenvalue weighted by atomic mass is 19.1. The van der Waals surface area contributed by atoms with Crippen molar-refractivity contribution in [2.45, 2.75) is 18.9 Å². The molecule has 1 aliphatic heterocycles. The van der Waals surface area contributed by atoms with Crippen LogP contribution < -0.4 is 14.8 Å². The number of amides is 1. The van der Waals surface area contributed by atoms with Gasteiger partial charge >= 0.3 is 0 Å². The predicted molar refractivity (Wildman–Crippen MR) is 112 cm³/mol. The van der Waals surface area contributed by atoms with E-state index in [2.05, 4.69) is 10.2 Å². The summed E-state index contributed by atoms with van der Waals surface area (Å²) in [6.45, 7) is 3.83. The first-order valence-electron chi connectivity index (χ1n) is 10.3. The molecule has 1 unspecified atom stereocenters. The molecule has 6 nitrogen and oxygen atoms in total. The summed E-state index contributed by atoms with van der Waals surface area (Å²) in [5.74, 6) is 1.24. The van der Waals surface area contributed by atoms with Crippen LogP contribution in [0.2, 0.25) is 0 Å². The third-order valence-electron chi connectivity index (χ3n) is 5.11. The SMILES string of the molecule is COc1ccc(OCCCC(=O)NCC(c2ccc(F)cc2)N2CCOCC2)cc1. The Bertz CT molecular complexity index is 777. The van der Waals surface area contributed by atoms with Gasteiger partial charge in [0.2, 0.25) is 5.91 Å². The Morgan fingerprint density at radius 1 is 1.10 bits per heavy atom. The summed E-state index contributed by atoms with van der Waals surface area (Å²) in [6, 6.07) is 13.8. The fourth-order valence-electron chi connectivity index (χ4n) is 3.43. The Hall–Kier alpha value is -2.64. The lowest BCUT2D eigenvalue weighted by Crippen LogP contribution is -2.43. The molecule has 0 spiro atoms. The van der Waals surface area contributed by atoms with Gasteiger partial charge in [-0.1, -0.05) is 12.1 Å². The van der Waals surface area contributed by atoms with Gasteiger partial charge in [-0.05, 0) is 48.4 Å². The van der Waals surface area contributed by atoms with Crippen LogP contribution in [0.1, 0.15) is 24.4 Å². The lowest BCUT2D eigenvalue weighted by Gasteiger charge is -2.35. The van der Waals surface area contributed by atoms with Crippen molar-refractivity contribution in [3.8, 4) is 11.5 Å². The number of methoxy groups -OCH3 is 1. The average Bonchev–Trinajstić information content (AvgIpc) is 2.79. The monoisotopic (exact) mass is 416 g/mol. The standard InChI is InChI=1S/C23H29FN2O4/c1-28-20-8-10-21(11-9-20)30-14-2-3-23(27)25-17-22(26-12-15-29-16-13-26)18-4-6-19(24)7-5-18/h4-11,22H,2-3,12-17H2,1H3,(H,25,27). The van der Waals surface area contributed by atoms with Crippen molar-refractivity contribution in [3.05, 3.63) is 59.9 Å². The number of benzene rings is 2. The number of carbonyl (C=O) groups excluding carboxylic acids is 1. The van der Waals surface area contributed by atoms with E-state index in [1.54, 1.807) is 19.2 Å². The molecule has 0 saturated carbocycles. The van der Waals surface area contributed by atoms with Crippen LogP contribution >= 0.6 is 0 Å². The van der Waals surface area contributed by atoms with Crippen LogP contribution in [0.5, 0.6) is 11.5 Å². The van der Waals surface area contributed by atoms with E-state index in [-0.39, 0.29) is 17.8 Å². The molecule has 2 aromatic rings. The van der Waals surface area contributed by atoms with E-state index >= 15 is 0 Å². The smallest absolute Gasteiger partial charge is 0.220 e. The first kappa shape index (κ1) is 22.1. The highest BCUT2D eigenvalue weighted by Crippen LogP contribution is 2.22. The number of halogens is 1. The van der Waals surface area contributed by atoms with Gasteiger partial charge in [-0.2, -0.15) is 0 Å². The normalized spacial score (nSPS) is 15.4. The topological polar surface area (TPSA) is 60.0 Å². The third-order valence-corrected chi connectivity index (χ3v) is 5.11. The van der Waals surface area contributed by atoms with Crippen LogP contribution in [0.25, 0.3) is 0 Å². The van der Waals surface area contributed by atoms with Gasteiger partial charge in [-0.3, -0.25) is 9.69 Å². The summed E-state index contributed by atoms with van der Waals surface area (Å²) in [5, 5.41) is 3.02. The van der Waals surface area contributed by atoms with Gasteiger partial charge in [-0.25, -0.2) is 4.39 Å². The van der Waals surface area contributed by atoms with Gasteiger partial charge in [0.1, 0.15) is 17.3 Å². The van der Waals surface area contributed by atoms with Crippen LogP contribution in [-0.4, -0.2) is 57.4 Å². The zero-order valence-electron chi connectivity index (χ0n) is 17.3. The highest BCUT2D eigenvalue weighted by Gasteiger charge is 2.23. The zero-order chi connectivity index (χ0) is 21.2. The zero-order valence-corrected chi connectivity index (χ0v) is 17.3. The van der Waals surface area contributed by atoms with Gasteiger partial charge < -0.3 is 19.5 Å². The van der Waals surface area contributed by atoms with Crippen LogP contribution in [-0.2, 0) is 9.53 Å². The molecule has 1 N–H and O–H groups in total. The molecule has 0 bridgehead atoms. The Morgan fingerprint density at radius 2 is 1.77 bits per heavy atom. The van der Waals surface area contributed by atoms with E-state index in [1.807, 2.05) is 24.3 Å².